The number of nitrogens with one attached hydrogen (secondary N) is 1. The van der Waals surface area contributed by atoms with Crippen LogP contribution in [0.4, 0.5) is 0 Å². The van der Waals surface area contributed by atoms with Gasteiger partial charge in [0.15, 0.2) is 0 Å². The average molecular weight is 155 g/mol. The SMILES string of the molecule is CC(C)C[C@@H]1CCCNC1=O. The van der Waals surface area contributed by atoms with E-state index in [0.29, 0.717) is 11.8 Å². The van der Waals surface area contributed by atoms with Gasteiger partial charge in [-0.25, -0.2) is 0 Å². The Morgan fingerprint density at radius 3 is 2.91 bits per heavy atom. The molecule has 1 N–H and O–H groups in total. The van der Waals surface area contributed by atoms with Crippen LogP contribution in [0, 0.1) is 11.8 Å². The van der Waals surface area contributed by atoms with Crippen molar-refractivity contribution in [2.75, 3.05) is 6.54 Å². The molecule has 0 bridgehead atoms. The van der Waals surface area contributed by atoms with Crippen LogP contribution in [0.15, 0.2) is 0 Å². The number of hydrogen-bond acceptors (Lipinski definition) is 1. The Balaban J connectivity index is 2.36. The van der Waals surface area contributed by atoms with E-state index in [1.807, 2.05) is 0 Å². The van der Waals surface area contributed by atoms with Crippen molar-refractivity contribution in [1.29, 1.82) is 0 Å². The fraction of sp³-hybridized carbons (Fsp3) is 0.889. The first-order valence-corrected chi connectivity index (χ1v) is 4.48. The molecule has 1 fully saturated rings. The van der Waals surface area contributed by atoms with Crippen molar-refractivity contribution in [2.45, 2.75) is 33.1 Å². The Bertz CT molecular complexity index is 142. The summed E-state index contributed by atoms with van der Waals surface area (Å²) in [5.74, 6) is 1.21. The van der Waals surface area contributed by atoms with E-state index in [0.717, 1.165) is 25.8 Å². The van der Waals surface area contributed by atoms with Crippen LogP contribution in [0.1, 0.15) is 33.1 Å². The van der Waals surface area contributed by atoms with Crippen molar-refractivity contribution in [3.8, 4) is 0 Å². The molecule has 1 aliphatic rings. The molecule has 0 aromatic rings. The van der Waals surface area contributed by atoms with E-state index in [1.165, 1.54) is 0 Å². The zero-order valence-electron chi connectivity index (χ0n) is 7.39. The molecule has 2 heteroatoms. The minimum Gasteiger partial charge on any atom is -0.356 e. The fourth-order valence-electron chi connectivity index (χ4n) is 1.63. The van der Waals surface area contributed by atoms with Crippen LogP contribution in [0.25, 0.3) is 0 Å². The molecule has 0 spiro atoms. The zero-order chi connectivity index (χ0) is 8.27. The van der Waals surface area contributed by atoms with Crippen molar-refractivity contribution in [1.82, 2.24) is 5.32 Å². The number of carbonyl (C=O) groups is 1. The second kappa shape index (κ2) is 3.74. The number of piperidine rings is 1. The molecular weight excluding hydrogens is 138 g/mol. The maximum Gasteiger partial charge on any atom is 0.223 e. The van der Waals surface area contributed by atoms with Gasteiger partial charge in [-0.3, -0.25) is 4.79 Å². The van der Waals surface area contributed by atoms with Gasteiger partial charge in [0, 0.05) is 12.5 Å². The van der Waals surface area contributed by atoms with Crippen molar-refractivity contribution in [3.05, 3.63) is 0 Å². The van der Waals surface area contributed by atoms with Gasteiger partial charge in [0.2, 0.25) is 5.91 Å². The van der Waals surface area contributed by atoms with E-state index in [1.54, 1.807) is 0 Å². The molecule has 0 aromatic heterocycles. The second-order valence-corrected chi connectivity index (χ2v) is 3.76. The summed E-state index contributed by atoms with van der Waals surface area (Å²) >= 11 is 0. The molecule has 2 nitrogen and oxygen atoms in total. The summed E-state index contributed by atoms with van der Waals surface area (Å²) in [6.07, 6.45) is 3.29. The first-order chi connectivity index (χ1) is 5.20. The highest BCUT2D eigenvalue weighted by molar-refractivity contribution is 5.79. The summed E-state index contributed by atoms with van der Waals surface area (Å²) in [6, 6.07) is 0. The largest absolute Gasteiger partial charge is 0.356 e. The average Bonchev–Trinajstić information content (AvgIpc) is 1.93. The molecule has 0 aromatic carbocycles. The fourth-order valence-corrected chi connectivity index (χ4v) is 1.63. The van der Waals surface area contributed by atoms with Gasteiger partial charge in [-0.2, -0.15) is 0 Å². The molecule has 64 valence electrons. The quantitative estimate of drug-likeness (QED) is 0.644. The normalized spacial score (nSPS) is 25.4. The predicted octanol–water partition coefficient (Wildman–Crippen LogP) is 1.56. The lowest BCUT2D eigenvalue weighted by molar-refractivity contribution is -0.127. The molecule has 1 heterocycles. The maximum atomic E-state index is 11.2. The summed E-state index contributed by atoms with van der Waals surface area (Å²) in [5.41, 5.74) is 0. The van der Waals surface area contributed by atoms with Crippen LogP contribution < -0.4 is 5.32 Å². The Kier molecular flexibility index (Phi) is 2.92. The Hall–Kier alpha value is -0.530. The summed E-state index contributed by atoms with van der Waals surface area (Å²) in [6.45, 7) is 5.22. The Morgan fingerprint density at radius 2 is 2.36 bits per heavy atom. The minimum atomic E-state index is 0.268. The monoisotopic (exact) mass is 155 g/mol. The molecular formula is C9H17NO. The number of carbonyl (C=O) groups excluding carboxylic acids is 1. The van der Waals surface area contributed by atoms with E-state index >= 15 is 0 Å². The van der Waals surface area contributed by atoms with Gasteiger partial charge in [-0.1, -0.05) is 13.8 Å². The summed E-state index contributed by atoms with van der Waals surface area (Å²) in [7, 11) is 0. The third-order valence-electron chi connectivity index (χ3n) is 2.16. The summed E-state index contributed by atoms with van der Waals surface area (Å²) in [5, 5.41) is 2.90. The first-order valence-electron chi connectivity index (χ1n) is 4.48. The van der Waals surface area contributed by atoms with Crippen LogP contribution in [0.3, 0.4) is 0 Å². The lowest BCUT2D eigenvalue weighted by Crippen LogP contribution is -2.36. The molecule has 11 heavy (non-hydrogen) atoms. The molecule has 1 saturated heterocycles. The van der Waals surface area contributed by atoms with Gasteiger partial charge < -0.3 is 5.32 Å². The van der Waals surface area contributed by atoms with Crippen LogP contribution in [-0.4, -0.2) is 12.5 Å². The Labute approximate surface area is 68.4 Å². The molecule has 1 amide bonds. The third-order valence-corrected chi connectivity index (χ3v) is 2.16. The van der Waals surface area contributed by atoms with E-state index in [-0.39, 0.29) is 5.91 Å². The van der Waals surface area contributed by atoms with Gasteiger partial charge in [0.05, 0.1) is 0 Å². The van der Waals surface area contributed by atoms with Crippen molar-refractivity contribution >= 4 is 5.91 Å². The van der Waals surface area contributed by atoms with Gasteiger partial charge in [0.1, 0.15) is 0 Å². The van der Waals surface area contributed by atoms with Crippen LogP contribution in [0.5, 0.6) is 0 Å². The second-order valence-electron chi connectivity index (χ2n) is 3.76. The van der Waals surface area contributed by atoms with Gasteiger partial charge in [-0.05, 0) is 25.2 Å². The van der Waals surface area contributed by atoms with E-state index in [4.69, 9.17) is 0 Å². The van der Waals surface area contributed by atoms with Crippen LogP contribution >= 0.6 is 0 Å². The number of amides is 1. The Morgan fingerprint density at radius 1 is 1.64 bits per heavy atom. The summed E-state index contributed by atoms with van der Waals surface area (Å²) in [4.78, 5) is 11.2. The smallest absolute Gasteiger partial charge is 0.223 e. The third kappa shape index (κ3) is 2.52. The molecule has 0 radical (unpaired) electrons. The highest BCUT2D eigenvalue weighted by Crippen LogP contribution is 2.19. The van der Waals surface area contributed by atoms with Crippen LogP contribution in [-0.2, 0) is 4.79 Å². The van der Waals surface area contributed by atoms with Crippen molar-refractivity contribution in [3.63, 3.8) is 0 Å². The van der Waals surface area contributed by atoms with E-state index in [2.05, 4.69) is 19.2 Å². The van der Waals surface area contributed by atoms with Crippen molar-refractivity contribution < 1.29 is 4.79 Å². The van der Waals surface area contributed by atoms with Gasteiger partial charge >= 0.3 is 0 Å². The van der Waals surface area contributed by atoms with E-state index < -0.39 is 0 Å². The maximum absolute atomic E-state index is 11.2. The molecule has 0 unspecified atom stereocenters. The standard InChI is InChI=1S/C9H17NO/c1-7(2)6-8-4-3-5-10-9(8)11/h7-8H,3-6H2,1-2H3,(H,10,11)/t8-/m0/s1. The highest BCUT2D eigenvalue weighted by atomic mass is 16.1. The molecule has 0 saturated carbocycles. The topological polar surface area (TPSA) is 29.1 Å². The molecule has 0 aliphatic carbocycles. The predicted molar refractivity (Wildman–Crippen MR) is 45.2 cm³/mol. The van der Waals surface area contributed by atoms with Crippen LogP contribution in [0.2, 0.25) is 0 Å². The van der Waals surface area contributed by atoms with Gasteiger partial charge in [0.25, 0.3) is 0 Å². The zero-order valence-corrected chi connectivity index (χ0v) is 7.39. The molecule has 1 atom stereocenters. The lowest BCUT2D eigenvalue weighted by atomic mass is 9.90. The highest BCUT2D eigenvalue weighted by Gasteiger charge is 2.22. The molecule has 1 aliphatic heterocycles. The number of rotatable bonds is 2. The number of hydrogen-bond donors (Lipinski definition) is 1. The van der Waals surface area contributed by atoms with E-state index in [9.17, 15) is 4.79 Å². The van der Waals surface area contributed by atoms with Crippen molar-refractivity contribution in [2.24, 2.45) is 11.8 Å². The summed E-state index contributed by atoms with van der Waals surface area (Å²) < 4.78 is 0. The minimum absolute atomic E-state index is 0.268. The van der Waals surface area contributed by atoms with Gasteiger partial charge in [-0.15, -0.1) is 0 Å². The first kappa shape index (κ1) is 8.57. The lowest BCUT2D eigenvalue weighted by Gasteiger charge is -2.22. The molecule has 1 rings (SSSR count).